The summed E-state index contributed by atoms with van der Waals surface area (Å²) in [5.41, 5.74) is 0.474. The molecule has 0 amide bonds. The predicted octanol–water partition coefficient (Wildman–Crippen LogP) is 2.49. The third-order valence-electron chi connectivity index (χ3n) is 3.16. The topological polar surface area (TPSA) is 66.8 Å². The molecule has 0 saturated carbocycles. The molecule has 4 nitrogen and oxygen atoms in total. The second-order valence-electron chi connectivity index (χ2n) is 5.17. The maximum Gasteiger partial charge on any atom is 0.339 e. The van der Waals surface area contributed by atoms with Gasteiger partial charge in [-0.05, 0) is 36.6 Å². The van der Waals surface area contributed by atoms with Crippen molar-refractivity contribution in [1.29, 1.82) is 0 Å². The van der Waals surface area contributed by atoms with E-state index < -0.39 is 11.6 Å². The number of aliphatic carboxylic acids is 1. The second kappa shape index (κ2) is 6.41. The van der Waals surface area contributed by atoms with E-state index in [1.54, 1.807) is 12.1 Å². The normalized spacial score (nSPS) is 13.4. The lowest BCUT2D eigenvalue weighted by Gasteiger charge is -2.18. The number of carboxylic acids is 1. The zero-order valence-corrected chi connectivity index (χ0v) is 11.8. The highest BCUT2D eigenvalue weighted by Crippen LogP contribution is 2.17. The van der Waals surface area contributed by atoms with Gasteiger partial charge in [-0.2, -0.15) is 0 Å². The van der Waals surface area contributed by atoms with Crippen LogP contribution in [0.3, 0.4) is 0 Å². The minimum Gasteiger partial charge on any atom is -0.490 e. The van der Waals surface area contributed by atoms with Gasteiger partial charge in [0.15, 0.2) is 5.60 Å². The van der Waals surface area contributed by atoms with Gasteiger partial charge in [-0.25, -0.2) is 4.79 Å². The highest BCUT2D eigenvalue weighted by atomic mass is 16.5. The molecule has 4 heteroatoms. The number of carboxylic acid groups (broad SMARTS) is 1. The predicted molar refractivity (Wildman–Crippen MR) is 79.4 cm³/mol. The Morgan fingerprint density at radius 3 is 2.19 bits per heavy atom. The Morgan fingerprint density at radius 2 is 1.62 bits per heavy atom. The Balaban J connectivity index is 1.95. The molecule has 2 N–H and O–H groups in total. The van der Waals surface area contributed by atoms with Gasteiger partial charge in [-0.3, -0.25) is 0 Å². The first-order valence-corrected chi connectivity index (χ1v) is 6.69. The standard InChI is InChI=1S/C17H18O4/c1-17(20,16(18)19)12-21-15-9-7-14(8-10-15)11-13-5-3-2-4-6-13/h2-10,20H,11-12H2,1H3,(H,18,19). The molecule has 0 aliphatic carbocycles. The van der Waals surface area contributed by atoms with Crippen LogP contribution in [0.1, 0.15) is 18.1 Å². The van der Waals surface area contributed by atoms with Crippen molar-refractivity contribution in [3.05, 3.63) is 65.7 Å². The molecule has 0 heterocycles. The summed E-state index contributed by atoms with van der Waals surface area (Å²) in [7, 11) is 0. The van der Waals surface area contributed by atoms with Crippen molar-refractivity contribution in [2.24, 2.45) is 0 Å². The lowest BCUT2D eigenvalue weighted by atomic mass is 10.1. The Morgan fingerprint density at radius 1 is 1.05 bits per heavy atom. The van der Waals surface area contributed by atoms with Gasteiger partial charge in [0.25, 0.3) is 0 Å². The molecule has 0 radical (unpaired) electrons. The smallest absolute Gasteiger partial charge is 0.339 e. The van der Waals surface area contributed by atoms with Gasteiger partial charge in [0, 0.05) is 0 Å². The lowest BCUT2D eigenvalue weighted by Crippen LogP contribution is -2.41. The van der Waals surface area contributed by atoms with E-state index in [4.69, 9.17) is 9.84 Å². The Labute approximate surface area is 123 Å². The van der Waals surface area contributed by atoms with Gasteiger partial charge >= 0.3 is 5.97 Å². The molecular formula is C17H18O4. The molecule has 21 heavy (non-hydrogen) atoms. The summed E-state index contributed by atoms with van der Waals surface area (Å²) in [5.74, 6) is -0.767. The van der Waals surface area contributed by atoms with E-state index in [1.807, 2.05) is 30.3 Å². The molecule has 1 unspecified atom stereocenters. The van der Waals surface area contributed by atoms with Gasteiger partial charge in [0.05, 0.1) is 0 Å². The Hall–Kier alpha value is -2.33. The number of hydrogen-bond donors (Lipinski definition) is 2. The van der Waals surface area contributed by atoms with Crippen LogP contribution in [0, 0.1) is 0 Å². The average molecular weight is 286 g/mol. The average Bonchev–Trinajstić information content (AvgIpc) is 2.47. The van der Waals surface area contributed by atoms with Crippen molar-refractivity contribution in [3.63, 3.8) is 0 Å². The first-order valence-electron chi connectivity index (χ1n) is 6.69. The van der Waals surface area contributed by atoms with E-state index in [9.17, 15) is 9.90 Å². The van der Waals surface area contributed by atoms with E-state index in [1.165, 1.54) is 12.5 Å². The van der Waals surface area contributed by atoms with E-state index in [0.29, 0.717) is 5.75 Å². The van der Waals surface area contributed by atoms with Crippen LogP contribution in [-0.2, 0) is 11.2 Å². The van der Waals surface area contributed by atoms with Crippen LogP contribution < -0.4 is 4.74 Å². The summed E-state index contributed by atoms with van der Waals surface area (Å²) < 4.78 is 5.31. The molecule has 0 aromatic heterocycles. The number of ether oxygens (including phenoxy) is 1. The molecule has 0 fully saturated rings. The largest absolute Gasteiger partial charge is 0.490 e. The zero-order chi connectivity index (χ0) is 15.3. The molecule has 0 saturated heterocycles. The van der Waals surface area contributed by atoms with Crippen LogP contribution in [-0.4, -0.2) is 28.4 Å². The SMILES string of the molecule is CC(O)(COc1ccc(Cc2ccccc2)cc1)C(=O)O. The van der Waals surface area contributed by atoms with E-state index in [0.717, 1.165) is 12.0 Å². The fourth-order valence-electron chi connectivity index (χ4n) is 1.82. The molecule has 0 aliphatic rings. The van der Waals surface area contributed by atoms with Crippen molar-refractivity contribution >= 4 is 5.97 Å². The van der Waals surface area contributed by atoms with E-state index in [-0.39, 0.29) is 6.61 Å². The molecule has 0 aliphatic heterocycles. The maximum absolute atomic E-state index is 10.8. The summed E-state index contributed by atoms with van der Waals surface area (Å²) in [5, 5.41) is 18.4. The number of carbonyl (C=O) groups is 1. The number of aliphatic hydroxyl groups is 1. The van der Waals surface area contributed by atoms with Crippen LogP contribution in [0.15, 0.2) is 54.6 Å². The first-order chi connectivity index (χ1) is 9.97. The molecule has 1 atom stereocenters. The van der Waals surface area contributed by atoms with Gasteiger partial charge in [0.2, 0.25) is 0 Å². The van der Waals surface area contributed by atoms with Crippen LogP contribution in [0.2, 0.25) is 0 Å². The lowest BCUT2D eigenvalue weighted by molar-refractivity contribution is -0.159. The summed E-state index contributed by atoms with van der Waals surface area (Å²) in [4.78, 5) is 10.8. The third kappa shape index (κ3) is 4.33. The van der Waals surface area contributed by atoms with Crippen LogP contribution in [0.4, 0.5) is 0 Å². The van der Waals surface area contributed by atoms with E-state index >= 15 is 0 Å². The molecule has 110 valence electrons. The van der Waals surface area contributed by atoms with Crippen LogP contribution in [0.25, 0.3) is 0 Å². The minimum absolute atomic E-state index is 0.291. The Kier molecular flexibility index (Phi) is 4.60. The summed E-state index contributed by atoms with van der Waals surface area (Å²) in [6, 6.07) is 17.5. The summed E-state index contributed by atoms with van der Waals surface area (Å²) in [6.45, 7) is 0.916. The number of hydrogen-bond acceptors (Lipinski definition) is 3. The van der Waals surface area contributed by atoms with Gasteiger partial charge < -0.3 is 14.9 Å². The third-order valence-corrected chi connectivity index (χ3v) is 3.16. The first kappa shape index (κ1) is 15.1. The van der Waals surface area contributed by atoms with Crippen LogP contribution >= 0.6 is 0 Å². The monoisotopic (exact) mass is 286 g/mol. The molecule has 0 spiro atoms. The fraction of sp³-hybridized carbons (Fsp3) is 0.235. The minimum atomic E-state index is -1.89. The summed E-state index contributed by atoms with van der Waals surface area (Å²) in [6.07, 6.45) is 0.827. The quantitative estimate of drug-likeness (QED) is 0.856. The molecule has 0 bridgehead atoms. The highest BCUT2D eigenvalue weighted by Gasteiger charge is 2.30. The number of benzene rings is 2. The molecular weight excluding hydrogens is 268 g/mol. The van der Waals surface area contributed by atoms with Gasteiger partial charge in [0.1, 0.15) is 12.4 Å². The van der Waals surface area contributed by atoms with Crippen LogP contribution in [0.5, 0.6) is 5.75 Å². The molecule has 2 aromatic rings. The fourth-order valence-corrected chi connectivity index (χ4v) is 1.82. The van der Waals surface area contributed by atoms with Crippen molar-refractivity contribution < 1.29 is 19.7 Å². The van der Waals surface area contributed by atoms with Gasteiger partial charge in [-0.15, -0.1) is 0 Å². The summed E-state index contributed by atoms with van der Waals surface area (Å²) >= 11 is 0. The second-order valence-corrected chi connectivity index (χ2v) is 5.17. The highest BCUT2D eigenvalue weighted by molar-refractivity contribution is 5.76. The van der Waals surface area contributed by atoms with Crippen molar-refractivity contribution in [2.45, 2.75) is 18.9 Å². The van der Waals surface area contributed by atoms with Crippen molar-refractivity contribution in [2.75, 3.05) is 6.61 Å². The number of rotatable bonds is 6. The maximum atomic E-state index is 10.8. The van der Waals surface area contributed by atoms with Crippen molar-refractivity contribution in [3.8, 4) is 5.75 Å². The molecule has 2 aromatic carbocycles. The van der Waals surface area contributed by atoms with Gasteiger partial charge in [-0.1, -0.05) is 42.5 Å². The van der Waals surface area contributed by atoms with E-state index in [2.05, 4.69) is 12.1 Å². The van der Waals surface area contributed by atoms with Crippen molar-refractivity contribution in [1.82, 2.24) is 0 Å². The Bertz CT molecular complexity index is 588. The molecule has 2 rings (SSSR count). The zero-order valence-electron chi connectivity index (χ0n) is 11.8.